The summed E-state index contributed by atoms with van der Waals surface area (Å²) in [5.74, 6) is 0.469. The SMILES string of the molecule is CC(C)[C@@H](CO)NC(=O)c1ccc2c(-c3cccc(C4CC4)c3)nn(-c3ccc(F)cn3)c2c1. The van der Waals surface area contributed by atoms with Gasteiger partial charge in [-0.25, -0.2) is 14.1 Å². The molecule has 0 aliphatic heterocycles. The minimum absolute atomic E-state index is 0.0944. The van der Waals surface area contributed by atoms with Gasteiger partial charge in [-0.2, -0.15) is 5.10 Å². The van der Waals surface area contributed by atoms with E-state index in [9.17, 15) is 14.3 Å². The highest BCUT2D eigenvalue weighted by molar-refractivity contribution is 6.01. The van der Waals surface area contributed by atoms with Crippen LogP contribution in [0.5, 0.6) is 0 Å². The molecule has 2 aromatic carbocycles. The standard InChI is InChI=1S/C27H27FN4O2/c1-16(2)23(15-33)30-27(34)20-8-10-22-24(13-20)32(25-11-9-21(28)14-29-25)31-26(22)19-5-3-4-18(12-19)17-6-7-17/h3-5,8-14,16-17,23,33H,6-7,15H2,1-2H3,(H,30,34)/t23-/m1/s1. The normalized spacial score (nSPS) is 14.5. The third-order valence-electron chi connectivity index (χ3n) is 6.40. The Hall–Kier alpha value is -3.58. The van der Waals surface area contributed by atoms with Crippen LogP contribution in [-0.4, -0.2) is 38.4 Å². The zero-order valence-electron chi connectivity index (χ0n) is 19.2. The second kappa shape index (κ2) is 8.99. The summed E-state index contributed by atoms with van der Waals surface area (Å²) in [5.41, 5.74) is 4.23. The molecule has 2 aromatic heterocycles. The Balaban J connectivity index is 1.62. The number of pyridine rings is 1. The van der Waals surface area contributed by atoms with E-state index >= 15 is 0 Å². The number of nitrogens with zero attached hydrogens (tertiary/aromatic N) is 3. The van der Waals surface area contributed by atoms with Gasteiger partial charge in [0.1, 0.15) is 11.5 Å². The Kier molecular flexibility index (Phi) is 5.87. The number of hydrogen-bond acceptors (Lipinski definition) is 4. The van der Waals surface area contributed by atoms with Crippen molar-refractivity contribution in [3.05, 3.63) is 77.7 Å². The Morgan fingerprint density at radius 2 is 2.00 bits per heavy atom. The molecule has 1 saturated carbocycles. The number of rotatable bonds is 7. The van der Waals surface area contributed by atoms with Crippen LogP contribution in [-0.2, 0) is 0 Å². The number of halogens is 1. The van der Waals surface area contributed by atoms with Gasteiger partial charge in [-0.05, 0) is 66.6 Å². The van der Waals surface area contributed by atoms with Crippen molar-refractivity contribution in [3.63, 3.8) is 0 Å². The molecule has 0 spiro atoms. The van der Waals surface area contributed by atoms with Crippen LogP contribution in [0.25, 0.3) is 28.0 Å². The molecule has 0 unspecified atom stereocenters. The molecular formula is C27H27FN4O2. The topological polar surface area (TPSA) is 80.0 Å². The second-order valence-electron chi connectivity index (χ2n) is 9.23. The molecule has 34 heavy (non-hydrogen) atoms. The summed E-state index contributed by atoms with van der Waals surface area (Å²) < 4.78 is 15.2. The first-order valence-corrected chi connectivity index (χ1v) is 11.6. The van der Waals surface area contributed by atoms with Gasteiger partial charge < -0.3 is 10.4 Å². The lowest BCUT2D eigenvalue weighted by Crippen LogP contribution is -2.41. The van der Waals surface area contributed by atoms with Crippen molar-refractivity contribution in [2.75, 3.05) is 6.61 Å². The zero-order chi connectivity index (χ0) is 23.8. The van der Waals surface area contributed by atoms with Crippen LogP contribution < -0.4 is 5.32 Å². The largest absolute Gasteiger partial charge is 0.394 e. The molecule has 0 bridgehead atoms. The number of hydrogen-bond donors (Lipinski definition) is 2. The van der Waals surface area contributed by atoms with Crippen molar-refractivity contribution in [1.82, 2.24) is 20.1 Å². The first-order valence-electron chi connectivity index (χ1n) is 11.6. The summed E-state index contributed by atoms with van der Waals surface area (Å²) >= 11 is 0. The van der Waals surface area contributed by atoms with Gasteiger partial charge in [0.05, 0.1) is 24.4 Å². The summed E-state index contributed by atoms with van der Waals surface area (Å²) in [6.45, 7) is 3.76. The molecule has 2 heterocycles. The fourth-order valence-corrected chi connectivity index (χ4v) is 4.17. The van der Waals surface area contributed by atoms with Gasteiger partial charge in [-0.1, -0.05) is 32.0 Å². The molecular weight excluding hydrogens is 431 g/mol. The summed E-state index contributed by atoms with van der Waals surface area (Å²) in [6.07, 6.45) is 3.57. The van der Waals surface area contributed by atoms with Crippen molar-refractivity contribution >= 4 is 16.8 Å². The first kappa shape index (κ1) is 22.2. The molecule has 6 nitrogen and oxygen atoms in total. The number of benzene rings is 2. The summed E-state index contributed by atoms with van der Waals surface area (Å²) in [4.78, 5) is 17.2. The van der Waals surface area contributed by atoms with Crippen molar-refractivity contribution in [1.29, 1.82) is 0 Å². The molecule has 174 valence electrons. The van der Waals surface area contributed by atoms with E-state index in [0.29, 0.717) is 22.8 Å². The average molecular weight is 459 g/mol. The fraction of sp³-hybridized carbons (Fsp3) is 0.296. The van der Waals surface area contributed by atoms with Gasteiger partial charge in [0.2, 0.25) is 0 Å². The van der Waals surface area contributed by atoms with Crippen molar-refractivity contribution in [2.24, 2.45) is 5.92 Å². The molecule has 1 amide bonds. The minimum atomic E-state index is -0.429. The molecule has 0 saturated heterocycles. The number of aliphatic hydroxyl groups excluding tert-OH is 1. The first-order chi connectivity index (χ1) is 16.4. The molecule has 4 aromatic rings. The van der Waals surface area contributed by atoms with Crippen LogP contribution in [0.2, 0.25) is 0 Å². The van der Waals surface area contributed by atoms with Crippen LogP contribution in [0.15, 0.2) is 60.8 Å². The number of aromatic nitrogens is 3. The summed E-state index contributed by atoms with van der Waals surface area (Å²) in [6, 6.07) is 16.4. The maximum atomic E-state index is 13.5. The predicted octanol–water partition coefficient (Wildman–Crippen LogP) is 4.85. The van der Waals surface area contributed by atoms with E-state index < -0.39 is 5.82 Å². The third-order valence-corrected chi connectivity index (χ3v) is 6.40. The molecule has 1 aliphatic carbocycles. The average Bonchev–Trinajstić information content (AvgIpc) is 3.63. The van der Waals surface area contributed by atoms with Crippen molar-refractivity contribution < 1.29 is 14.3 Å². The Morgan fingerprint density at radius 1 is 1.18 bits per heavy atom. The van der Waals surface area contributed by atoms with Crippen LogP contribution in [0, 0.1) is 11.7 Å². The number of aliphatic hydroxyl groups is 1. The van der Waals surface area contributed by atoms with Gasteiger partial charge in [0.15, 0.2) is 5.82 Å². The second-order valence-corrected chi connectivity index (χ2v) is 9.23. The monoisotopic (exact) mass is 458 g/mol. The zero-order valence-corrected chi connectivity index (χ0v) is 19.2. The van der Waals surface area contributed by atoms with Crippen molar-refractivity contribution in [2.45, 2.75) is 38.6 Å². The molecule has 5 rings (SSSR count). The van der Waals surface area contributed by atoms with Crippen LogP contribution in [0.3, 0.4) is 0 Å². The number of carbonyl (C=O) groups excluding carboxylic acids is 1. The smallest absolute Gasteiger partial charge is 0.251 e. The minimum Gasteiger partial charge on any atom is -0.394 e. The quantitative estimate of drug-likeness (QED) is 0.415. The van der Waals surface area contributed by atoms with E-state index in [1.165, 1.54) is 24.5 Å². The van der Waals surface area contributed by atoms with E-state index in [2.05, 4.69) is 22.4 Å². The van der Waals surface area contributed by atoms with Gasteiger partial charge in [0.25, 0.3) is 5.91 Å². The van der Waals surface area contributed by atoms with Gasteiger partial charge >= 0.3 is 0 Å². The molecule has 1 fully saturated rings. The van der Waals surface area contributed by atoms with Crippen LogP contribution in [0.1, 0.15) is 48.5 Å². The maximum absolute atomic E-state index is 13.5. The highest BCUT2D eigenvalue weighted by Crippen LogP contribution is 2.41. The van der Waals surface area contributed by atoms with E-state index in [1.807, 2.05) is 32.0 Å². The Labute approximate surface area is 197 Å². The van der Waals surface area contributed by atoms with E-state index in [0.717, 1.165) is 22.8 Å². The number of amides is 1. The van der Waals surface area contributed by atoms with Gasteiger partial charge in [-0.15, -0.1) is 0 Å². The Morgan fingerprint density at radius 3 is 2.68 bits per heavy atom. The lowest BCUT2D eigenvalue weighted by molar-refractivity contribution is 0.0897. The van der Waals surface area contributed by atoms with Crippen LogP contribution >= 0.6 is 0 Å². The molecule has 1 aliphatic rings. The summed E-state index contributed by atoms with van der Waals surface area (Å²) in [5, 5.41) is 18.2. The van der Waals surface area contributed by atoms with Crippen molar-refractivity contribution in [3.8, 4) is 17.1 Å². The lowest BCUT2D eigenvalue weighted by atomic mass is 10.0. The number of carbonyl (C=O) groups is 1. The predicted molar refractivity (Wildman–Crippen MR) is 129 cm³/mol. The molecule has 0 radical (unpaired) electrons. The Bertz CT molecular complexity index is 1340. The van der Waals surface area contributed by atoms with Crippen LogP contribution in [0.4, 0.5) is 4.39 Å². The molecule has 1 atom stereocenters. The third kappa shape index (κ3) is 4.31. The highest BCUT2D eigenvalue weighted by atomic mass is 19.1. The highest BCUT2D eigenvalue weighted by Gasteiger charge is 2.24. The fourth-order valence-electron chi connectivity index (χ4n) is 4.17. The number of nitrogens with one attached hydrogen (secondary N) is 1. The van der Waals surface area contributed by atoms with E-state index in [1.54, 1.807) is 22.9 Å². The van der Waals surface area contributed by atoms with E-state index in [4.69, 9.17) is 5.10 Å². The van der Waals surface area contributed by atoms with E-state index in [-0.39, 0.29) is 24.5 Å². The molecule has 2 N–H and O–H groups in total. The van der Waals surface area contributed by atoms with Gasteiger partial charge in [-0.3, -0.25) is 4.79 Å². The summed E-state index contributed by atoms with van der Waals surface area (Å²) in [7, 11) is 0. The lowest BCUT2D eigenvalue weighted by Gasteiger charge is -2.19. The maximum Gasteiger partial charge on any atom is 0.251 e. The number of fused-ring (bicyclic) bond motifs is 1. The van der Waals surface area contributed by atoms with Gasteiger partial charge in [0, 0.05) is 16.5 Å². The molecule has 7 heteroatoms.